The average molecular weight is 382 g/mol. The third kappa shape index (κ3) is 3.66. The van der Waals surface area contributed by atoms with Gasteiger partial charge in [0, 0.05) is 43.6 Å². The summed E-state index contributed by atoms with van der Waals surface area (Å²) in [6, 6.07) is 9.55. The number of para-hydroxylation sites is 1. The van der Waals surface area contributed by atoms with Crippen molar-refractivity contribution in [3.05, 3.63) is 42.1 Å². The first-order valence-corrected chi connectivity index (χ1v) is 10.0. The van der Waals surface area contributed by atoms with Crippen molar-refractivity contribution in [1.29, 1.82) is 0 Å². The molecule has 0 spiro atoms. The first-order valence-electron chi connectivity index (χ1n) is 10.0. The zero-order valence-electron chi connectivity index (χ0n) is 16.4. The maximum Gasteiger partial charge on any atom is 0.228 e. The third-order valence-corrected chi connectivity index (χ3v) is 5.65. The van der Waals surface area contributed by atoms with Crippen molar-refractivity contribution in [1.82, 2.24) is 15.1 Å². The highest BCUT2D eigenvalue weighted by Crippen LogP contribution is 2.31. The van der Waals surface area contributed by atoms with Gasteiger partial charge in [-0.2, -0.15) is 0 Å². The minimum Gasteiger partial charge on any atom is -0.425 e. The van der Waals surface area contributed by atoms with E-state index in [-0.39, 0.29) is 36.0 Å². The van der Waals surface area contributed by atoms with E-state index in [2.05, 4.69) is 10.2 Å². The van der Waals surface area contributed by atoms with Crippen LogP contribution in [0.25, 0.3) is 0 Å². The van der Waals surface area contributed by atoms with Crippen molar-refractivity contribution in [2.45, 2.75) is 44.9 Å². The number of rotatable bonds is 4. The molecule has 7 heteroatoms. The van der Waals surface area contributed by atoms with Gasteiger partial charge in [-0.25, -0.2) is 0 Å². The van der Waals surface area contributed by atoms with Gasteiger partial charge in [0.15, 0.2) is 0 Å². The number of carbonyl (C=O) groups is 2. The Morgan fingerprint density at radius 2 is 1.86 bits per heavy atom. The molecule has 7 nitrogen and oxygen atoms in total. The van der Waals surface area contributed by atoms with Crippen LogP contribution in [0, 0.1) is 5.92 Å². The number of hydrogen-bond donors (Lipinski definition) is 0. The summed E-state index contributed by atoms with van der Waals surface area (Å²) in [6.07, 6.45) is 1.91. The second kappa shape index (κ2) is 7.73. The largest absolute Gasteiger partial charge is 0.425 e. The molecule has 1 atom stereocenters. The summed E-state index contributed by atoms with van der Waals surface area (Å²) < 4.78 is 5.78. The number of amides is 2. The molecule has 0 aliphatic carbocycles. The summed E-state index contributed by atoms with van der Waals surface area (Å²) >= 11 is 0. The summed E-state index contributed by atoms with van der Waals surface area (Å²) in [5.74, 6) is 1.61. The predicted molar refractivity (Wildman–Crippen MR) is 104 cm³/mol. The molecule has 2 aliphatic rings. The minimum atomic E-state index is -0.264. The maximum absolute atomic E-state index is 13.0. The third-order valence-electron chi connectivity index (χ3n) is 5.65. The highest BCUT2D eigenvalue weighted by Gasteiger charge is 2.38. The summed E-state index contributed by atoms with van der Waals surface area (Å²) in [7, 11) is 0. The van der Waals surface area contributed by atoms with E-state index in [9.17, 15) is 9.59 Å². The number of hydrogen-bond acceptors (Lipinski definition) is 5. The molecule has 28 heavy (non-hydrogen) atoms. The van der Waals surface area contributed by atoms with E-state index in [1.807, 2.05) is 49.1 Å². The molecule has 2 saturated heterocycles. The molecule has 148 valence electrons. The van der Waals surface area contributed by atoms with E-state index < -0.39 is 0 Å². The average Bonchev–Trinajstić information content (AvgIpc) is 3.36. The molecule has 2 fully saturated rings. The quantitative estimate of drug-likeness (QED) is 0.812. The lowest BCUT2D eigenvalue weighted by Gasteiger charge is -2.32. The van der Waals surface area contributed by atoms with Gasteiger partial charge in [0.25, 0.3) is 0 Å². The molecular formula is C21H26N4O3. The van der Waals surface area contributed by atoms with Crippen LogP contribution in [0.4, 0.5) is 5.69 Å². The van der Waals surface area contributed by atoms with Crippen LogP contribution < -0.4 is 4.90 Å². The van der Waals surface area contributed by atoms with Gasteiger partial charge < -0.3 is 14.2 Å². The van der Waals surface area contributed by atoms with Gasteiger partial charge in [-0.15, -0.1) is 10.2 Å². The molecule has 1 aromatic carbocycles. The Balaban J connectivity index is 1.34. The zero-order valence-corrected chi connectivity index (χ0v) is 16.4. The van der Waals surface area contributed by atoms with Crippen LogP contribution in [0.15, 0.2) is 34.7 Å². The second-order valence-corrected chi connectivity index (χ2v) is 7.97. The van der Waals surface area contributed by atoms with Crippen LogP contribution in [-0.2, 0) is 9.59 Å². The number of benzene rings is 1. The Morgan fingerprint density at radius 1 is 1.14 bits per heavy atom. The summed E-state index contributed by atoms with van der Waals surface area (Å²) in [6.45, 7) is 5.85. The number of aromatic nitrogens is 2. The van der Waals surface area contributed by atoms with Gasteiger partial charge in [-0.05, 0) is 25.0 Å². The van der Waals surface area contributed by atoms with Crippen LogP contribution in [-0.4, -0.2) is 46.5 Å². The lowest BCUT2D eigenvalue weighted by molar-refractivity contribution is -0.136. The highest BCUT2D eigenvalue weighted by molar-refractivity contribution is 6.00. The van der Waals surface area contributed by atoms with Gasteiger partial charge >= 0.3 is 0 Å². The molecule has 0 radical (unpaired) electrons. The van der Waals surface area contributed by atoms with E-state index >= 15 is 0 Å². The fourth-order valence-electron chi connectivity index (χ4n) is 3.98. The van der Waals surface area contributed by atoms with E-state index in [1.165, 1.54) is 0 Å². The smallest absolute Gasteiger partial charge is 0.228 e. The predicted octanol–water partition coefficient (Wildman–Crippen LogP) is 2.95. The van der Waals surface area contributed by atoms with E-state index in [0.29, 0.717) is 31.4 Å². The highest BCUT2D eigenvalue weighted by atomic mass is 16.4. The van der Waals surface area contributed by atoms with Crippen LogP contribution in [0.3, 0.4) is 0 Å². The Bertz CT molecular complexity index is 840. The van der Waals surface area contributed by atoms with Crippen molar-refractivity contribution < 1.29 is 14.0 Å². The molecule has 0 unspecified atom stereocenters. The fourth-order valence-corrected chi connectivity index (χ4v) is 3.98. The van der Waals surface area contributed by atoms with Crippen LogP contribution in [0.2, 0.25) is 0 Å². The summed E-state index contributed by atoms with van der Waals surface area (Å²) in [5.41, 5.74) is 0.860. The van der Waals surface area contributed by atoms with Crippen LogP contribution >= 0.6 is 0 Å². The number of carbonyl (C=O) groups excluding carboxylic acids is 2. The molecule has 3 heterocycles. The molecule has 0 bridgehead atoms. The minimum absolute atomic E-state index is 0.0199. The van der Waals surface area contributed by atoms with Gasteiger partial charge in [0.05, 0.1) is 5.92 Å². The van der Waals surface area contributed by atoms with Crippen molar-refractivity contribution in [3.63, 3.8) is 0 Å². The SMILES string of the molecule is CC(C)c1nnc(C2CCN(C(=O)[C@@H]3CC(=O)N(c4ccccc4)C3)CC2)o1. The first kappa shape index (κ1) is 18.7. The number of nitrogens with zero attached hydrogens (tertiary/aromatic N) is 4. The number of likely N-dealkylation sites (tertiary alicyclic amines) is 1. The molecule has 2 aliphatic heterocycles. The number of anilines is 1. The van der Waals surface area contributed by atoms with Crippen molar-refractivity contribution in [2.24, 2.45) is 5.92 Å². The van der Waals surface area contributed by atoms with Crippen molar-refractivity contribution in [3.8, 4) is 0 Å². The number of piperidine rings is 1. The Hall–Kier alpha value is -2.70. The Morgan fingerprint density at radius 3 is 2.50 bits per heavy atom. The second-order valence-electron chi connectivity index (χ2n) is 7.97. The van der Waals surface area contributed by atoms with Crippen LogP contribution in [0.1, 0.15) is 56.7 Å². The lowest BCUT2D eigenvalue weighted by Crippen LogP contribution is -2.42. The van der Waals surface area contributed by atoms with Gasteiger partial charge in [0.1, 0.15) is 0 Å². The molecule has 0 saturated carbocycles. The molecule has 1 aromatic heterocycles. The Kier molecular flexibility index (Phi) is 5.15. The van der Waals surface area contributed by atoms with E-state index in [4.69, 9.17) is 4.42 Å². The van der Waals surface area contributed by atoms with Crippen molar-refractivity contribution >= 4 is 17.5 Å². The Labute approximate surface area is 164 Å². The summed E-state index contributed by atoms with van der Waals surface area (Å²) in [5, 5.41) is 8.30. The molecule has 4 rings (SSSR count). The van der Waals surface area contributed by atoms with Crippen molar-refractivity contribution in [2.75, 3.05) is 24.5 Å². The molecule has 0 N–H and O–H groups in total. The van der Waals surface area contributed by atoms with Gasteiger partial charge in [0.2, 0.25) is 23.6 Å². The zero-order chi connectivity index (χ0) is 19.7. The topological polar surface area (TPSA) is 79.5 Å². The monoisotopic (exact) mass is 382 g/mol. The summed E-state index contributed by atoms with van der Waals surface area (Å²) in [4.78, 5) is 29.0. The standard InChI is InChI=1S/C21H26N4O3/c1-14(2)19-22-23-20(28-19)15-8-10-24(11-9-15)21(27)16-12-18(26)25(13-16)17-6-4-3-5-7-17/h3-7,14-16H,8-13H2,1-2H3/t16-/m1/s1. The molecule has 2 aromatic rings. The maximum atomic E-state index is 13.0. The van der Waals surface area contributed by atoms with Gasteiger partial charge in [-0.1, -0.05) is 32.0 Å². The van der Waals surface area contributed by atoms with Gasteiger partial charge in [-0.3, -0.25) is 9.59 Å². The lowest BCUT2D eigenvalue weighted by atomic mass is 9.95. The van der Waals surface area contributed by atoms with E-state index in [1.54, 1.807) is 4.90 Å². The van der Waals surface area contributed by atoms with E-state index in [0.717, 1.165) is 18.5 Å². The molecular weight excluding hydrogens is 356 g/mol. The normalized spacial score (nSPS) is 21.0. The molecule has 2 amide bonds. The fraction of sp³-hybridized carbons (Fsp3) is 0.524. The first-order chi connectivity index (χ1) is 13.5. The van der Waals surface area contributed by atoms with Crippen LogP contribution in [0.5, 0.6) is 0 Å².